The number of nitrogens with one attached hydrogen (secondary N) is 1. The molecule has 1 heterocycles. The Morgan fingerprint density at radius 3 is 2.78 bits per heavy atom. The number of halogens is 3. The van der Waals surface area contributed by atoms with Crippen LogP contribution in [0.25, 0.3) is 0 Å². The lowest BCUT2D eigenvalue weighted by Gasteiger charge is -2.09. The molecular formula is C12H12F3N3. The van der Waals surface area contributed by atoms with E-state index in [9.17, 15) is 13.2 Å². The van der Waals surface area contributed by atoms with Crippen molar-refractivity contribution in [3.05, 3.63) is 47.8 Å². The van der Waals surface area contributed by atoms with E-state index in [1.807, 2.05) is 11.5 Å². The van der Waals surface area contributed by atoms with Crippen LogP contribution < -0.4 is 5.32 Å². The molecule has 0 atom stereocenters. The summed E-state index contributed by atoms with van der Waals surface area (Å²) in [6.07, 6.45) is 3.25. The fourth-order valence-electron chi connectivity index (χ4n) is 1.65. The predicted molar refractivity (Wildman–Crippen MR) is 61.5 cm³/mol. The van der Waals surface area contributed by atoms with Crippen molar-refractivity contribution in [2.75, 3.05) is 5.32 Å². The molecule has 2 aromatic rings. The van der Waals surface area contributed by atoms with E-state index in [2.05, 4.69) is 10.3 Å². The van der Waals surface area contributed by atoms with Gasteiger partial charge in [-0.2, -0.15) is 0 Å². The summed E-state index contributed by atoms with van der Waals surface area (Å²) in [5.41, 5.74) is 0.609. The number of anilines is 1. The first-order valence-corrected chi connectivity index (χ1v) is 5.49. The molecule has 1 N–H and O–H groups in total. The van der Waals surface area contributed by atoms with Crippen LogP contribution in [0.15, 0.2) is 24.7 Å². The Morgan fingerprint density at radius 1 is 1.28 bits per heavy atom. The number of nitrogens with zero attached hydrogens (tertiary/aromatic N) is 2. The highest BCUT2D eigenvalue weighted by Gasteiger charge is 2.11. The Hall–Kier alpha value is -1.98. The maximum atomic E-state index is 13.4. The van der Waals surface area contributed by atoms with E-state index in [4.69, 9.17) is 0 Å². The third-order valence-electron chi connectivity index (χ3n) is 2.59. The van der Waals surface area contributed by atoms with Gasteiger partial charge in [0.25, 0.3) is 0 Å². The molecule has 1 aromatic heterocycles. The van der Waals surface area contributed by atoms with Gasteiger partial charge in [-0.15, -0.1) is 0 Å². The minimum atomic E-state index is -1.21. The van der Waals surface area contributed by atoms with Crippen LogP contribution in [-0.2, 0) is 13.1 Å². The largest absolute Gasteiger partial charge is 0.377 e. The molecule has 0 aliphatic heterocycles. The van der Waals surface area contributed by atoms with Gasteiger partial charge in [-0.05, 0) is 6.92 Å². The van der Waals surface area contributed by atoms with Crippen LogP contribution in [0.1, 0.15) is 12.6 Å². The van der Waals surface area contributed by atoms with Gasteiger partial charge in [-0.25, -0.2) is 18.2 Å². The fourth-order valence-corrected chi connectivity index (χ4v) is 1.65. The van der Waals surface area contributed by atoms with Gasteiger partial charge >= 0.3 is 0 Å². The van der Waals surface area contributed by atoms with Crippen LogP contribution in [0.4, 0.5) is 18.9 Å². The minimum absolute atomic E-state index is 0.198. The number of rotatable bonds is 4. The number of hydrogen-bond acceptors (Lipinski definition) is 2. The second-order valence-electron chi connectivity index (χ2n) is 3.77. The van der Waals surface area contributed by atoms with Crippen molar-refractivity contribution in [3.63, 3.8) is 0 Å². The Balaban J connectivity index is 2.16. The molecule has 0 spiro atoms. The number of imidazole rings is 1. The summed E-state index contributed by atoms with van der Waals surface area (Å²) in [7, 11) is 0. The fraction of sp³-hybridized carbons (Fsp3) is 0.250. The average Bonchev–Trinajstić information content (AvgIpc) is 2.79. The molecule has 0 amide bonds. The second kappa shape index (κ2) is 5.12. The summed E-state index contributed by atoms with van der Waals surface area (Å²) in [6, 6.07) is 1.43. The van der Waals surface area contributed by atoms with Gasteiger partial charge in [-0.1, -0.05) is 0 Å². The van der Waals surface area contributed by atoms with E-state index in [1.54, 1.807) is 12.5 Å². The number of aryl methyl sites for hydroxylation is 1. The van der Waals surface area contributed by atoms with E-state index in [0.717, 1.165) is 18.3 Å². The number of hydrogen-bond donors (Lipinski definition) is 1. The van der Waals surface area contributed by atoms with Crippen molar-refractivity contribution in [1.82, 2.24) is 9.55 Å². The summed E-state index contributed by atoms with van der Waals surface area (Å²) < 4.78 is 41.1. The highest BCUT2D eigenvalue weighted by molar-refractivity contribution is 5.45. The van der Waals surface area contributed by atoms with Gasteiger partial charge in [0.1, 0.15) is 5.82 Å². The van der Waals surface area contributed by atoms with Gasteiger partial charge < -0.3 is 9.88 Å². The molecule has 0 saturated heterocycles. The monoisotopic (exact) mass is 255 g/mol. The molecule has 0 aliphatic carbocycles. The van der Waals surface area contributed by atoms with Crippen molar-refractivity contribution in [2.24, 2.45) is 0 Å². The van der Waals surface area contributed by atoms with Crippen molar-refractivity contribution < 1.29 is 13.2 Å². The molecule has 6 heteroatoms. The summed E-state index contributed by atoms with van der Waals surface area (Å²) in [4.78, 5) is 3.94. The van der Waals surface area contributed by atoms with Crippen molar-refractivity contribution >= 4 is 5.69 Å². The maximum absolute atomic E-state index is 13.4. The first-order chi connectivity index (χ1) is 8.61. The highest BCUT2D eigenvalue weighted by Crippen LogP contribution is 2.19. The molecule has 1 aromatic carbocycles. The van der Waals surface area contributed by atoms with Crippen LogP contribution >= 0.6 is 0 Å². The van der Waals surface area contributed by atoms with E-state index in [0.29, 0.717) is 6.07 Å². The zero-order chi connectivity index (χ0) is 13.1. The molecule has 0 fully saturated rings. The normalized spacial score (nSPS) is 10.7. The Bertz CT molecular complexity index is 551. The topological polar surface area (TPSA) is 29.9 Å². The average molecular weight is 255 g/mol. The molecule has 0 unspecified atom stereocenters. The molecule has 0 radical (unpaired) electrons. The van der Waals surface area contributed by atoms with Crippen molar-refractivity contribution in [2.45, 2.75) is 20.0 Å². The van der Waals surface area contributed by atoms with Crippen LogP contribution in [0.5, 0.6) is 0 Å². The Kier molecular flexibility index (Phi) is 3.55. The Morgan fingerprint density at radius 2 is 2.06 bits per heavy atom. The predicted octanol–water partition coefficient (Wildman–Crippen LogP) is 2.93. The van der Waals surface area contributed by atoms with E-state index < -0.39 is 17.5 Å². The van der Waals surface area contributed by atoms with E-state index >= 15 is 0 Å². The quantitative estimate of drug-likeness (QED) is 0.851. The molecule has 0 aliphatic rings. The third kappa shape index (κ3) is 2.47. The van der Waals surface area contributed by atoms with E-state index in [1.165, 1.54) is 0 Å². The van der Waals surface area contributed by atoms with Crippen LogP contribution in [0.2, 0.25) is 0 Å². The smallest absolute Gasteiger partial charge is 0.182 e. The van der Waals surface area contributed by atoms with Gasteiger partial charge in [0.05, 0.1) is 24.3 Å². The molecule has 3 nitrogen and oxygen atoms in total. The molecule has 96 valence electrons. The van der Waals surface area contributed by atoms with Crippen LogP contribution in [-0.4, -0.2) is 9.55 Å². The maximum Gasteiger partial charge on any atom is 0.182 e. The first kappa shape index (κ1) is 12.5. The highest BCUT2D eigenvalue weighted by atomic mass is 19.2. The molecule has 2 rings (SSSR count). The minimum Gasteiger partial charge on any atom is -0.377 e. The van der Waals surface area contributed by atoms with Crippen LogP contribution in [0, 0.1) is 17.5 Å². The first-order valence-electron chi connectivity index (χ1n) is 5.49. The standard InChI is InChI=1S/C12H12F3N3/c1-2-18-7-16-5-9(18)6-17-11-4-8(13)3-10(14)12(11)15/h3-5,7,17H,2,6H2,1H3. The van der Waals surface area contributed by atoms with Gasteiger partial charge in [-0.3, -0.25) is 0 Å². The molecular weight excluding hydrogens is 243 g/mol. The summed E-state index contributed by atoms with van der Waals surface area (Å²) in [5, 5.41) is 2.66. The summed E-state index contributed by atoms with van der Waals surface area (Å²) >= 11 is 0. The third-order valence-corrected chi connectivity index (χ3v) is 2.59. The lowest BCUT2D eigenvalue weighted by molar-refractivity contribution is 0.497. The van der Waals surface area contributed by atoms with Crippen LogP contribution in [0.3, 0.4) is 0 Å². The molecule has 18 heavy (non-hydrogen) atoms. The van der Waals surface area contributed by atoms with E-state index in [-0.39, 0.29) is 12.2 Å². The van der Waals surface area contributed by atoms with Crippen molar-refractivity contribution in [1.29, 1.82) is 0 Å². The molecule has 0 saturated carbocycles. The molecule has 0 bridgehead atoms. The second-order valence-corrected chi connectivity index (χ2v) is 3.77. The number of benzene rings is 1. The lowest BCUT2D eigenvalue weighted by atomic mass is 10.2. The van der Waals surface area contributed by atoms with Gasteiger partial charge in [0, 0.05) is 24.9 Å². The SMILES string of the molecule is CCn1cncc1CNc1cc(F)cc(F)c1F. The number of aromatic nitrogens is 2. The summed E-state index contributed by atoms with van der Waals surface area (Å²) in [6.45, 7) is 2.90. The zero-order valence-electron chi connectivity index (χ0n) is 9.75. The zero-order valence-corrected chi connectivity index (χ0v) is 9.75. The Labute approximate surface area is 102 Å². The summed E-state index contributed by atoms with van der Waals surface area (Å²) in [5.74, 6) is -3.11. The lowest BCUT2D eigenvalue weighted by Crippen LogP contribution is -2.08. The van der Waals surface area contributed by atoms with Crippen molar-refractivity contribution in [3.8, 4) is 0 Å². The van der Waals surface area contributed by atoms with Gasteiger partial charge in [0.2, 0.25) is 0 Å². The van der Waals surface area contributed by atoms with Gasteiger partial charge in [0.15, 0.2) is 11.6 Å².